The number of rotatable bonds is 2. The Balaban J connectivity index is 1.74. The maximum absolute atomic E-state index is 14.1. The maximum Gasteiger partial charge on any atom is 0.435 e. The van der Waals surface area contributed by atoms with Gasteiger partial charge in [-0.2, -0.15) is 13.2 Å². The van der Waals surface area contributed by atoms with E-state index in [1.807, 2.05) is 6.07 Å². The fraction of sp³-hybridized carbons (Fsp3) is 0.316. The van der Waals surface area contributed by atoms with E-state index in [1.54, 1.807) is 12.1 Å². The number of aryl methyl sites for hydroxylation is 1. The Bertz CT molecular complexity index is 969. The Morgan fingerprint density at radius 1 is 1.00 bits per heavy atom. The van der Waals surface area contributed by atoms with Crippen LogP contribution in [-0.2, 0) is 21.2 Å². The molecule has 2 aromatic rings. The minimum Gasteiger partial charge on any atom is -0.374 e. The predicted octanol–water partition coefficient (Wildman–Crippen LogP) is 7.15. The molecule has 0 saturated heterocycles. The van der Waals surface area contributed by atoms with Gasteiger partial charge in [0.2, 0.25) is 0 Å². The number of benzene rings is 2. The number of hydrogen-bond donors (Lipinski definition) is 0. The molecule has 1 unspecified atom stereocenters. The zero-order chi connectivity index (χ0) is 20.3. The normalized spacial score (nSPS) is 23.3. The van der Waals surface area contributed by atoms with E-state index in [4.69, 9.17) is 51.2 Å². The second-order valence-electron chi connectivity index (χ2n) is 6.87. The van der Waals surface area contributed by atoms with Gasteiger partial charge in [-0.1, -0.05) is 63.7 Å². The van der Waals surface area contributed by atoms with Gasteiger partial charge in [0, 0.05) is 22.0 Å². The van der Waals surface area contributed by atoms with Crippen molar-refractivity contribution in [2.24, 2.45) is 5.16 Å². The molecule has 28 heavy (non-hydrogen) atoms. The second kappa shape index (κ2) is 6.69. The maximum atomic E-state index is 14.1. The van der Waals surface area contributed by atoms with E-state index in [2.05, 4.69) is 5.16 Å². The topological polar surface area (TPSA) is 21.6 Å². The molecule has 0 saturated carbocycles. The van der Waals surface area contributed by atoms with Gasteiger partial charge in [-0.25, -0.2) is 0 Å². The first-order chi connectivity index (χ1) is 13.0. The van der Waals surface area contributed by atoms with Crippen molar-refractivity contribution in [3.63, 3.8) is 0 Å². The highest BCUT2D eigenvalue weighted by Crippen LogP contribution is 2.51. The average molecular weight is 469 g/mol. The highest BCUT2D eigenvalue weighted by Gasteiger charge is 2.62. The molecule has 1 aliphatic carbocycles. The highest BCUT2D eigenvalue weighted by molar-refractivity contribution is 6.48. The number of nitrogens with zero attached hydrogens (tertiary/aromatic N) is 1. The molecule has 0 aromatic heterocycles. The molecule has 0 spiro atoms. The molecular formula is C19H12Cl4F3NO. The quantitative estimate of drug-likeness (QED) is 0.428. The Kier molecular flexibility index (Phi) is 4.82. The van der Waals surface area contributed by atoms with Crippen LogP contribution in [0.25, 0.3) is 0 Å². The SMILES string of the molecule is FC(F)(F)C1(c2cc(Cl)cc(Cl)c2)CC(c2ccc3c(c2)C(Cl)(Cl)CC3)=NO1. The molecule has 0 N–H and O–H groups in total. The first kappa shape index (κ1) is 20.1. The Labute approximate surface area is 179 Å². The molecule has 9 heteroatoms. The van der Waals surface area contributed by atoms with Crippen molar-refractivity contribution in [2.75, 3.05) is 0 Å². The van der Waals surface area contributed by atoms with Gasteiger partial charge in [0.15, 0.2) is 0 Å². The number of alkyl halides is 5. The Morgan fingerprint density at radius 2 is 1.68 bits per heavy atom. The fourth-order valence-electron chi connectivity index (χ4n) is 3.59. The number of hydrogen-bond acceptors (Lipinski definition) is 2. The van der Waals surface area contributed by atoms with E-state index in [1.165, 1.54) is 18.2 Å². The highest BCUT2D eigenvalue weighted by atomic mass is 35.5. The molecule has 0 amide bonds. The van der Waals surface area contributed by atoms with E-state index in [0.717, 1.165) is 5.56 Å². The lowest BCUT2D eigenvalue weighted by atomic mass is 9.86. The lowest BCUT2D eigenvalue weighted by molar-refractivity contribution is -0.275. The third-order valence-corrected chi connectivity index (χ3v) is 6.28. The van der Waals surface area contributed by atoms with Gasteiger partial charge in [-0.3, -0.25) is 0 Å². The Hall–Kier alpha value is -1.14. The summed E-state index contributed by atoms with van der Waals surface area (Å²) in [5, 5.41) is 3.92. The van der Waals surface area contributed by atoms with Gasteiger partial charge in [0.05, 0.1) is 5.71 Å². The van der Waals surface area contributed by atoms with E-state index < -0.39 is 22.5 Å². The molecule has 2 aromatic carbocycles. The summed E-state index contributed by atoms with van der Waals surface area (Å²) in [5.74, 6) is 0. The van der Waals surface area contributed by atoms with E-state index in [-0.39, 0.29) is 21.3 Å². The van der Waals surface area contributed by atoms with Crippen molar-refractivity contribution in [1.82, 2.24) is 0 Å². The van der Waals surface area contributed by atoms with Crippen molar-refractivity contribution in [2.45, 2.75) is 35.4 Å². The van der Waals surface area contributed by atoms with Gasteiger partial charge in [-0.15, -0.1) is 0 Å². The Morgan fingerprint density at radius 3 is 2.32 bits per heavy atom. The van der Waals surface area contributed by atoms with E-state index >= 15 is 0 Å². The van der Waals surface area contributed by atoms with Crippen LogP contribution in [0.15, 0.2) is 41.6 Å². The van der Waals surface area contributed by atoms with Crippen LogP contribution in [0, 0.1) is 0 Å². The lowest BCUT2D eigenvalue weighted by Gasteiger charge is -2.29. The third kappa shape index (κ3) is 3.26. The molecule has 1 atom stereocenters. The van der Waals surface area contributed by atoms with Crippen LogP contribution in [-0.4, -0.2) is 11.9 Å². The summed E-state index contributed by atoms with van der Waals surface area (Å²) in [6.07, 6.45) is -4.01. The van der Waals surface area contributed by atoms with Crippen LogP contribution in [0.3, 0.4) is 0 Å². The van der Waals surface area contributed by atoms with Crippen LogP contribution < -0.4 is 0 Å². The third-order valence-electron chi connectivity index (χ3n) is 5.06. The molecule has 2 aliphatic rings. The van der Waals surface area contributed by atoms with Crippen molar-refractivity contribution in [1.29, 1.82) is 0 Å². The van der Waals surface area contributed by atoms with Crippen LogP contribution in [0.2, 0.25) is 10.0 Å². The van der Waals surface area contributed by atoms with Crippen molar-refractivity contribution in [3.05, 3.63) is 68.7 Å². The zero-order valence-electron chi connectivity index (χ0n) is 14.1. The molecule has 2 nitrogen and oxygen atoms in total. The standard InChI is InChI=1S/C19H12Cl4F3NO/c20-13-6-12(7-14(21)8-13)17(19(24,25)26)9-16(27-28-17)11-2-1-10-3-4-18(22,23)15(10)5-11/h1-2,5-8H,3-4,9H2. The van der Waals surface area contributed by atoms with Crippen molar-refractivity contribution < 1.29 is 18.0 Å². The van der Waals surface area contributed by atoms with Crippen molar-refractivity contribution >= 4 is 52.1 Å². The number of halogens is 7. The molecule has 1 heterocycles. The zero-order valence-corrected chi connectivity index (χ0v) is 17.1. The summed E-state index contributed by atoms with van der Waals surface area (Å²) in [6, 6.07) is 8.92. The number of fused-ring (bicyclic) bond motifs is 1. The first-order valence-corrected chi connectivity index (χ1v) is 9.83. The monoisotopic (exact) mass is 467 g/mol. The summed E-state index contributed by atoms with van der Waals surface area (Å²) >= 11 is 24.5. The molecule has 0 fully saturated rings. The molecule has 0 radical (unpaired) electrons. The number of oxime groups is 1. The fourth-order valence-corrected chi connectivity index (χ4v) is 4.65. The summed E-state index contributed by atoms with van der Waals surface area (Å²) in [7, 11) is 0. The largest absolute Gasteiger partial charge is 0.435 e. The summed E-state index contributed by atoms with van der Waals surface area (Å²) in [4.78, 5) is 5.02. The van der Waals surface area contributed by atoms with Gasteiger partial charge in [0.1, 0.15) is 4.33 Å². The van der Waals surface area contributed by atoms with E-state index in [9.17, 15) is 13.2 Å². The summed E-state index contributed by atoms with van der Waals surface area (Å²) < 4.78 is 41.1. The first-order valence-electron chi connectivity index (χ1n) is 8.32. The van der Waals surface area contributed by atoms with Gasteiger partial charge >= 0.3 is 6.18 Å². The minimum atomic E-state index is -4.74. The van der Waals surface area contributed by atoms with Crippen LogP contribution in [0.1, 0.15) is 35.1 Å². The molecular weight excluding hydrogens is 457 g/mol. The van der Waals surface area contributed by atoms with Gasteiger partial charge in [0.25, 0.3) is 5.60 Å². The van der Waals surface area contributed by atoms with E-state index in [0.29, 0.717) is 24.0 Å². The molecule has 0 bridgehead atoms. The predicted molar refractivity (Wildman–Crippen MR) is 105 cm³/mol. The second-order valence-corrected chi connectivity index (χ2v) is 9.22. The van der Waals surface area contributed by atoms with Crippen LogP contribution >= 0.6 is 46.4 Å². The summed E-state index contributed by atoms with van der Waals surface area (Å²) in [6.45, 7) is 0. The smallest absolute Gasteiger partial charge is 0.374 e. The van der Waals surface area contributed by atoms with Gasteiger partial charge < -0.3 is 4.84 Å². The van der Waals surface area contributed by atoms with Crippen molar-refractivity contribution in [3.8, 4) is 0 Å². The lowest BCUT2D eigenvalue weighted by Crippen LogP contribution is -2.42. The minimum absolute atomic E-state index is 0.0785. The molecule has 148 valence electrons. The van der Waals surface area contributed by atoms with Crippen LogP contribution in [0.4, 0.5) is 13.2 Å². The summed E-state index contributed by atoms with van der Waals surface area (Å²) in [5.41, 5.74) is -0.600. The van der Waals surface area contributed by atoms with Crippen LogP contribution in [0.5, 0.6) is 0 Å². The molecule has 4 rings (SSSR count). The van der Waals surface area contributed by atoms with Gasteiger partial charge in [-0.05, 0) is 53.8 Å². The molecule has 1 aliphatic heterocycles. The average Bonchev–Trinajstić information content (AvgIpc) is 3.16.